The molecule has 0 amide bonds. The first-order chi connectivity index (χ1) is 9.22. The monoisotopic (exact) mass is 265 g/mol. The molecule has 0 bridgehead atoms. The number of rotatable bonds is 10. The van der Waals surface area contributed by atoms with Gasteiger partial charge in [0.2, 0.25) is 0 Å². The predicted octanol–water partition coefficient (Wildman–Crippen LogP) is 2.22. The van der Waals surface area contributed by atoms with E-state index in [4.69, 9.17) is 9.84 Å². The van der Waals surface area contributed by atoms with Crippen LogP contribution in [-0.4, -0.2) is 30.8 Å². The topological polar surface area (TPSA) is 58.6 Å². The van der Waals surface area contributed by atoms with E-state index in [0.29, 0.717) is 0 Å². The molecule has 0 aromatic heterocycles. The third-order valence-corrected chi connectivity index (χ3v) is 2.70. The number of hydrogen-bond acceptors (Lipinski definition) is 3. The van der Waals surface area contributed by atoms with Crippen LogP contribution in [-0.2, 0) is 22.5 Å². The summed E-state index contributed by atoms with van der Waals surface area (Å²) in [6.45, 7) is 5.48. The van der Waals surface area contributed by atoms with Crippen LogP contribution in [0.5, 0.6) is 0 Å². The van der Waals surface area contributed by atoms with Crippen LogP contribution in [0.4, 0.5) is 0 Å². The summed E-state index contributed by atoms with van der Waals surface area (Å²) in [6, 6.07) is 7.68. The maximum Gasteiger partial charge on any atom is 0.307 e. The van der Waals surface area contributed by atoms with Crippen molar-refractivity contribution in [3.8, 4) is 0 Å². The Balaban J connectivity index is 2.14. The molecule has 1 rings (SSSR count). The molecule has 19 heavy (non-hydrogen) atoms. The van der Waals surface area contributed by atoms with Gasteiger partial charge in [0, 0.05) is 19.8 Å². The van der Waals surface area contributed by atoms with Crippen molar-refractivity contribution in [1.82, 2.24) is 5.32 Å². The third-order valence-electron chi connectivity index (χ3n) is 2.70. The molecule has 0 saturated carbocycles. The SMILES string of the molecule is CCCOCCCNCc1ccc(CC(=O)O)cc1. The Bertz CT molecular complexity index is 362. The van der Waals surface area contributed by atoms with Crippen LogP contribution in [0.2, 0.25) is 0 Å². The quantitative estimate of drug-likeness (QED) is 0.637. The molecule has 1 aromatic rings. The average molecular weight is 265 g/mol. The Morgan fingerprint density at radius 1 is 1.21 bits per heavy atom. The van der Waals surface area contributed by atoms with Crippen molar-refractivity contribution in [1.29, 1.82) is 0 Å². The molecule has 0 saturated heterocycles. The van der Waals surface area contributed by atoms with Gasteiger partial charge in [-0.2, -0.15) is 0 Å². The van der Waals surface area contributed by atoms with Crippen molar-refractivity contribution >= 4 is 5.97 Å². The summed E-state index contributed by atoms with van der Waals surface area (Å²) in [5, 5.41) is 12.0. The van der Waals surface area contributed by atoms with Gasteiger partial charge in [0.15, 0.2) is 0 Å². The minimum absolute atomic E-state index is 0.0858. The van der Waals surface area contributed by atoms with Gasteiger partial charge in [0.25, 0.3) is 0 Å². The van der Waals surface area contributed by atoms with E-state index < -0.39 is 5.97 Å². The highest BCUT2D eigenvalue weighted by molar-refractivity contribution is 5.70. The molecule has 0 spiro atoms. The van der Waals surface area contributed by atoms with Crippen LogP contribution in [0, 0.1) is 0 Å². The van der Waals surface area contributed by atoms with Gasteiger partial charge < -0.3 is 15.2 Å². The molecule has 0 fully saturated rings. The Hall–Kier alpha value is -1.39. The van der Waals surface area contributed by atoms with Crippen molar-refractivity contribution in [2.45, 2.75) is 32.7 Å². The van der Waals surface area contributed by atoms with Crippen LogP contribution in [0.3, 0.4) is 0 Å². The lowest BCUT2D eigenvalue weighted by atomic mass is 10.1. The van der Waals surface area contributed by atoms with E-state index in [1.807, 2.05) is 24.3 Å². The maximum absolute atomic E-state index is 10.5. The molecule has 2 N–H and O–H groups in total. The lowest BCUT2D eigenvalue weighted by Gasteiger charge is -2.06. The van der Waals surface area contributed by atoms with Gasteiger partial charge in [-0.1, -0.05) is 31.2 Å². The lowest BCUT2D eigenvalue weighted by Crippen LogP contribution is -2.16. The molecule has 0 aliphatic heterocycles. The third kappa shape index (κ3) is 7.59. The molecular weight excluding hydrogens is 242 g/mol. The molecule has 0 aliphatic rings. The van der Waals surface area contributed by atoms with Crippen LogP contribution in [0.15, 0.2) is 24.3 Å². The highest BCUT2D eigenvalue weighted by Gasteiger charge is 2.00. The second-order valence-corrected chi connectivity index (χ2v) is 4.53. The first-order valence-corrected chi connectivity index (χ1v) is 6.80. The predicted molar refractivity (Wildman–Crippen MR) is 75.2 cm³/mol. The molecular formula is C15H23NO3. The zero-order valence-electron chi connectivity index (χ0n) is 11.5. The number of carboxylic acids is 1. The van der Waals surface area contributed by atoms with E-state index in [-0.39, 0.29) is 6.42 Å². The van der Waals surface area contributed by atoms with E-state index in [9.17, 15) is 4.79 Å². The number of carboxylic acid groups (broad SMARTS) is 1. The number of ether oxygens (including phenoxy) is 1. The molecule has 0 atom stereocenters. The minimum atomic E-state index is -0.794. The number of hydrogen-bond donors (Lipinski definition) is 2. The highest BCUT2D eigenvalue weighted by atomic mass is 16.5. The Labute approximate surface area is 114 Å². The van der Waals surface area contributed by atoms with Gasteiger partial charge >= 0.3 is 5.97 Å². The van der Waals surface area contributed by atoms with Crippen molar-refractivity contribution < 1.29 is 14.6 Å². The molecule has 0 radical (unpaired) electrons. The van der Waals surface area contributed by atoms with Gasteiger partial charge in [0.1, 0.15) is 0 Å². The van der Waals surface area contributed by atoms with Crippen LogP contribution >= 0.6 is 0 Å². The molecule has 4 heteroatoms. The largest absolute Gasteiger partial charge is 0.481 e. The smallest absolute Gasteiger partial charge is 0.307 e. The first-order valence-electron chi connectivity index (χ1n) is 6.80. The molecule has 0 heterocycles. The fraction of sp³-hybridized carbons (Fsp3) is 0.533. The average Bonchev–Trinajstić information content (AvgIpc) is 2.39. The summed E-state index contributed by atoms with van der Waals surface area (Å²) in [7, 11) is 0. The van der Waals surface area contributed by atoms with Crippen LogP contribution < -0.4 is 5.32 Å². The van der Waals surface area contributed by atoms with E-state index in [2.05, 4.69) is 12.2 Å². The fourth-order valence-electron chi connectivity index (χ4n) is 1.73. The van der Waals surface area contributed by atoms with E-state index >= 15 is 0 Å². The summed E-state index contributed by atoms with van der Waals surface area (Å²) in [4.78, 5) is 10.5. The Morgan fingerprint density at radius 2 is 1.89 bits per heavy atom. The molecule has 1 aromatic carbocycles. The minimum Gasteiger partial charge on any atom is -0.481 e. The van der Waals surface area contributed by atoms with Crippen LogP contribution in [0.25, 0.3) is 0 Å². The molecule has 0 unspecified atom stereocenters. The summed E-state index contributed by atoms with van der Waals surface area (Å²) >= 11 is 0. The summed E-state index contributed by atoms with van der Waals surface area (Å²) in [5.74, 6) is -0.794. The van der Waals surface area contributed by atoms with E-state index in [1.165, 1.54) is 5.56 Å². The van der Waals surface area contributed by atoms with Gasteiger partial charge in [-0.3, -0.25) is 4.79 Å². The van der Waals surface area contributed by atoms with Gasteiger partial charge in [-0.15, -0.1) is 0 Å². The fourth-order valence-corrected chi connectivity index (χ4v) is 1.73. The summed E-state index contributed by atoms with van der Waals surface area (Å²) in [6.07, 6.45) is 2.16. The Kier molecular flexibility index (Phi) is 7.86. The van der Waals surface area contributed by atoms with Crippen LogP contribution in [0.1, 0.15) is 30.9 Å². The van der Waals surface area contributed by atoms with Crippen molar-refractivity contribution in [3.63, 3.8) is 0 Å². The zero-order chi connectivity index (χ0) is 13.9. The Morgan fingerprint density at radius 3 is 2.53 bits per heavy atom. The summed E-state index contributed by atoms with van der Waals surface area (Å²) < 4.78 is 5.39. The molecule has 4 nitrogen and oxygen atoms in total. The van der Waals surface area contributed by atoms with Gasteiger partial charge in [0.05, 0.1) is 6.42 Å². The number of nitrogens with one attached hydrogen (secondary N) is 1. The second kappa shape index (κ2) is 9.53. The normalized spacial score (nSPS) is 10.6. The van der Waals surface area contributed by atoms with Gasteiger partial charge in [-0.25, -0.2) is 0 Å². The highest BCUT2D eigenvalue weighted by Crippen LogP contribution is 2.05. The van der Waals surface area contributed by atoms with E-state index in [0.717, 1.165) is 44.7 Å². The molecule has 106 valence electrons. The second-order valence-electron chi connectivity index (χ2n) is 4.53. The lowest BCUT2D eigenvalue weighted by molar-refractivity contribution is -0.136. The van der Waals surface area contributed by atoms with Crippen molar-refractivity contribution in [2.75, 3.05) is 19.8 Å². The van der Waals surface area contributed by atoms with E-state index in [1.54, 1.807) is 0 Å². The first kappa shape index (κ1) is 15.7. The zero-order valence-corrected chi connectivity index (χ0v) is 11.5. The number of carbonyl (C=O) groups is 1. The number of benzene rings is 1. The van der Waals surface area contributed by atoms with Crippen molar-refractivity contribution in [2.24, 2.45) is 0 Å². The van der Waals surface area contributed by atoms with Gasteiger partial charge in [-0.05, 0) is 30.5 Å². The standard InChI is InChI=1S/C15H23NO3/c1-2-9-19-10-3-8-16-12-14-6-4-13(5-7-14)11-15(17)18/h4-7,16H,2-3,8-12H2,1H3,(H,17,18). The summed E-state index contributed by atoms with van der Waals surface area (Å²) in [5.41, 5.74) is 2.01. The number of aliphatic carboxylic acids is 1. The van der Waals surface area contributed by atoms with Crippen molar-refractivity contribution in [3.05, 3.63) is 35.4 Å². The molecule has 0 aliphatic carbocycles. The maximum atomic E-state index is 10.5.